The van der Waals surface area contributed by atoms with Crippen LogP contribution >= 0.6 is 0 Å². The van der Waals surface area contributed by atoms with Gasteiger partial charge in [-0.1, -0.05) is 0 Å². The predicted octanol–water partition coefficient (Wildman–Crippen LogP) is -0.00580. The summed E-state index contributed by atoms with van der Waals surface area (Å²) in [5, 5.41) is 11.8. The highest BCUT2D eigenvalue weighted by molar-refractivity contribution is 5.80. The second kappa shape index (κ2) is 4.71. The summed E-state index contributed by atoms with van der Waals surface area (Å²) in [5.74, 6) is 0.671. The predicted molar refractivity (Wildman–Crippen MR) is 75.5 cm³/mol. The fourth-order valence-electron chi connectivity index (χ4n) is 2.55. The van der Waals surface area contributed by atoms with Crippen LogP contribution in [0, 0.1) is 0 Å². The third-order valence-corrected chi connectivity index (χ3v) is 3.63. The van der Waals surface area contributed by atoms with Crippen molar-refractivity contribution in [3.8, 4) is 0 Å². The monoisotopic (exact) mass is 261 g/mol. The molecule has 19 heavy (non-hydrogen) atoms. The van der Waals surface area contributed by atoms with E-state index in [9.17, 15) is 5.11 Å². The number of fused-ring (bicyclic) bond motifs is 1. The lowest BCUT2D eigenvalue weighted by Crippen LogP contribution is -2.50. The number of anilines is 1. The van der Waals surface area contributed by atoms with Gasteiger partial charge in [-0.25, -0.2) is 9.66 Å². The molecule has 102 valence electrons. The Labute approximate surface area is 112 Å². The molecule has 2 heterocycles. The highest BCUT2D eigenvalue weighted by Crippen LogP contribution is 2.20. The standard InChI is InChI=1S/C13H19N5O/c1-16-4-6-17(7-5-16)18-12-3-2-10(14)8-11(12)15-13(18)9-19/h2-3,8,19H,4-7,9,14H2,1H3. The fraction of sp³-hybridized carbons (Fsp3) is 0.462. The van der Waals surface area contributed by atoms with Gasteiger partial charge in [0.1, 0.15) is 6.61 Å². The lowest BCUT2D eigenvalue weighted by molar-refractivity contribution is 0.252. The second-order valence-corrected chi connectivity index (χ2v) is 5.00. The van der Waals surface area contributed by atoms with Crippen molar-refractivity contribution in [1.82, 2.24) is 14.6 Å². The molecule has 1 aromatic carbocycles. The molecule has 1 aromatic heterocycles. The zero-order chi connectivity index (χ0) is 13.4. The molecule has 1 aliphatic rings. The average molecular weight is 261 g/mol. The van der Waals surface area contributed by atoms with Gasteiger partial charge in [-0.15, -0.1) is 0 Å². The molecule has 0 saturated carbocycles. The summed E-state index contributed by atoms with van der Waals surface area (Å²) in [6.45, 7) is 3.82. The van der Waals surface area contributed by atoms with E-state index in [0.717, 1.165) is 37.2 Å². The average Bonchev–Trinajstić information content (AvgIpc) is 2.77. The number of nitrogens with zero attached hydrogens (tertiary/aromatic N) is 4. The van der Waals surface area contributed by atoms with E-state index >= 15 is 0 Å². The minimum Gasteiger partial charge on any atom is -0.399 e. The van der Waals surface area contributed by atoms with Crippen molar-refractivity contribution in [1.29, 1.82) is 0 Å². The number of aliphatic hydroxyl groups excluding tert-OH is 1. The van der Waals surface area contributed by atoms with Gasteiger partial charge in [0.05, 0.1) is 11.0 Å². The van der Waals surface area contributed by atoms with Crippen LogP contribution in [0.2, 0.25) is 0 Å². The molecule has 3 N–H and O–H groups in total. The molecule has 2 aromatic rings. The molecule has 3 rings (SSSR count). The van der Waals surface area contributed by atoms with Gasteiger partial charge in [0.15, 0.2) is 5.82 Å². The van der Waals surface area contributed by atoms with E-state index < -0.39 is 0 Å². The highest BCUT2D eigenvalue weighted by atomic mass is 16.3. The van der Waals surface area contributed by atoms with E-state index in [-0.39, 0.29) is 6.61 Å². The zero-order valence-electron chi connectivity index (χ0n) is 11.1. The molecule has 1 saturated heterocycles. The van der Waals surface area contributed by atoms with E-state index in [0.29, 0.717) is 11.5 Å². The fourth-order valence-corrected chi connectivity index (χ4v) is 2.55. The number of benzene rings is 1. The number of hydrogen-bond acceptors (Lipinski definition) is 5. The number of likely N-dealkylation sites (N-methyl/N-ethyl adjacent to an activating group) is 1. The van der Waals surface area contributed by atoms with Crippen LogP contribution in [0.4, 0.5) is 5.69 Å². The van der Waals surface area contributed by atoms with Gasteiger partial charge in [0.2, 0.25) is 0 Å². The van der Waals surface area contributed by atoms with Crippen LogP contribution in [-0.4, -0.2) is 52.9 Å². The van der Waals surface area contributed by atoms with Crippen LogP contribution in [0.1, 0.15) is 5.82 Å². The summed E-state index contributed by atoms with van der Waals surface area (Å²) in [4.78, 5) is 6.76. The molecule has 6 nitrogen and oxygen atoms in total. The zero-order valence-corrected chi connectivity index (χ0v) is 11.1. The molecule has 0 aliphatic carbocycles. The van der Waals surface area contributed by atoms with Crippen LogP contribution in [0.5, 0.6) is 0 Å². The van der Waals surface area contributed by atoms with Gasteiger partial charge in [-0.05, 0) is 25.2 Å². The Bertz CT molecular complexity index is 586. The molecule has 0 bridgehead atoms. The minimum atomic E-state index is -0.0685. The molecule has 1 aliphatic heterocycles. The van der Waals surface area contributed by atoms with Gasteiger partial charge in [-0.3, -0.25) is 0 Å². The third-order valence-electron chi connectivity index (χ3n) is 3.63. The van der Waals surface area contributed by atoms with Gasteiger partial charge in [-0.2, -0.15) is 0 Å². The SMILES string of the molecule is CN1CCN(n2c(CO)nc3cc(N)ccc32)CC1. The first-order valence-corrected chi connectivity index (χ1v) is 6.50. The van der Waals surface area contributed by atoms with Crippen molar-refractivity contribution in [2.75, 3.05) is 44.0 Å². The summed E-state index contributed by atoms with van der Waals surface area (Å²) in [6.07, 6.45) is 0. The van der Waals surface area contributed by atoms with E-state index in [4.69, 9.17) is 5.73 Å². The second-order valence-electron chi connectivity index (χ2n) is 5.00. The molecular formula is C13H19N5O. The van der Waals surface area contributed by atoms with Gasteiger partial charge < -0.3 is 20.7 Å². The first-order valence-electron chi connectivity index (χ1n) is 6.50. The molecule has 0 radical (unpaired) electrons. The maximum Gasteiger partial charge on any atom is 0.154 e. The maximum absolute atomic E-state index is 9.52. The number of imidazole rings is 1. The molecule has 0 spiro atoms. The van der Waals surface area contributed by atoms with Crippen molar-refractivity contribution in [2.45, 2.75) is 6.61 Å². The lowest BCUT2D eigenvalue weighted by atomic mass is 10.3. The quantitative estimate of drug-likeness (QED) is 0.744. The Kier molecular flexibility index (Phi) is 3.04. The maximum atomic E-state index is 9.52. The summed E-state index contributed by atoms with van der Waals surface area (Å²) >= 11 is 0. The van der Waals surface area contributed by atoms with Crippen LogP contribution < -0.4 is 10.7 Å². The Morgan fingerprint density at radius 3 is 2.68 bits per heavy atom. The Morgan fingerprint density at radius 1 is 1.26 bits per heavy atom. The smallest absolute Gasteiger partial charge is 0.154 e. The van der Waals surface area contributed by atoms with Gasteiger partial charge in [0, 0.05) is 31.9 Å². The number of nitrogens with two attached hydrogens (primary N) is 1. The number of piperazine rings is 1. The topological polar surface area (TPSA) is 70.5 Å². The summed E-state index contributed by atoms with van der Waals surface area (Å²) in [6, 6.07) is 5.69. The number of aromatic nitrogens is 2. The van der Waals surface area contributed by atoms with E-state index in [1.807, 2.05) is 22.9 Å². The Morgan fingerprint density at radius 2 is 2.00 bits per heavy atom. The minimum absolute atomic E-state index is 0.0685. The van der Waals surface area contributed by atoms with Crippen molar-refractivity contribution in [3.63, 3.8) is 0 Å². The van der Waals surface area contributed by atoms with Crippen LogP contribution in [0.15, 0.2) is 18.2 Å². The van der Waals surface area contributed by atoms with Crippen molar-refractivity contribution in [2.24, 2.45) is 0 Å². The van der Waals surface area contributed by atoms with E-state index in [1.165, 1.54) is 0 Å². The first kappa shape index (κ1) is 12.3. The summed E-state index contributed by atoms with van der Waals surface area (Å²) < 4.78 is 2.03. The molecule has 0 unspecified atom stereocenters. The summed E-state index contributed by atoms with van der Waals surface area (Å²) in [5.41, 5.74) is 8.32. The largest absolute Gasteiger partial charge is 0.399 e. The number of rotatable bonds is 2. The van der Waals surface area contributed by atoms with Crippen molar-refractivity contribution in [3.05, 3.63) is 24.0 Å². The van der Waals surface area contributed by atoms with Crippen molar-refractivity contribution < 1.29 is 5.11 Å². The van der Waals surface area contributed by atoms with E-state index in [1.54, 1.807) is 0 Å². The lowest BCUT2D eigenvalue weighted by Gasteiger charge is -2.35. The summed E-state index contributed by atoms with van der Waals surface area (Å²) in [7, 11) is 2.12. The van der Waals surface area contributed by atoms with Gasteiger partial charge >= 0.3 is 0 Å². The highest BCUT2D eigenvalue weighted by Gasteiger charge is 2.19. The van der Waals surface area contributed by atoms with Crippen LogP contribution in [0.3, 0.4) is 0 Å². The number of nitrogen functional groups attached to an aromatic ring is 1. The number of hydrogen-bond donors (Lipinski definition) is 2. The van der Waals surface area contributed by atoms with Crippen LogP contribution in [-0.2, 0) is 6.61 Å². The molecule has 1 fully saturated rings. The van der Waals surface area contributed by atoms with Crippen molar-refractivity contribution >= 4 is 16.7 Å². The van der Waals surface area contributed by atoms with E-state index in [2.05, 4.69) is 21.9 Å². The van der Waals surface area contributed by atoms with Gasteiger partial charge in [0.25, 0.3) is 0 Å². The number of aliphatic hydroxyl groups is 1. The normalized spacial score (nSPS) is 17.3. The Hall–Kier alpha value is -1.79. The first-order chi connectivity index (χ1) is 9.19. The molecular weight excluding hydrogens is 242 g/mol. The molecule has 6 heteroatoms. The molecule has 0 amide bonds. The third kappa shape index (κ3) is 2.13. The molecule has 0 atom stereocenters. The Balaban J connectivity index is 2.05. The van der Waals surface area contributed by atoms with Crippen LogP contribution in [0.25, 0.3) is 11.0 Å².